The molecular formula is C20H30ClN3O3. The lowest BCUT2D eigenvalue weighted by Crippen LogP contribution is -2.51. The Kier molecular flexibility index (Phi) is 8.54. The summed E-state index contributed by atoms with van der Waals surface area (Å²) >= 11 is 5.93. The standard InChI is InChI=1S/C20H30ClN3O3/c1-15(2)12-18(20(26)27-3)22-19(25)14-24-10-8-23(9-11-24)13-16-4-6-17(21)7-5-16/h4-7,15,18H,8-14H2,1-3H3,(H,22,25)/t18-/m0/s1. The van der Waals surface area contributed by atoms with Crippen molar-refractivity contribution in [1.82, 2.24) is 15.1 Å². The van der Waals surface area contributed by atoms with Gasteiger partial charge < -0.3 is 10.1 Å². The predicted molar refractivity (Wildman–Crippen MR) is 107 cm³/mol. The average molecular weight is 396 g/mol. The first-order valence-electron chi connectivity index (χ1n) is 9.43. The van der Waals surface area contributed by atoms with Crippen LogP contribution < -0.4 is 5.32 Å². The average Bonchev–Trinajstić information content (AvgIpc) is 2.63. The number of halogens is 1. The molecular weight excluding hydrogens is 366 g/mol. The molecule has 1 heterocycles. The summed E-state index contributed by atoms with van der Waals surface area (Å²) < 4.78 is 4.80. The van der Waals surface area contributed by atoms with Crippen LogP contribution in [0.1, 0.15) is 25.8 Å². The van der Waals surface area contributed by atoms with Crippen molar-refractivity contribution >= 4 is 23.5 Å². The van der Waals surface area contributed by atoms with E-state index in [9.17, 15) is 9.59 Å². The number of rotatable bonds is 8. The van der Waals surface area contributed by atoms with Gasteiger partial charge in [0.15, 0.2) is 0 Å². The van der Waals surface area contributed by atoms with Crippen molar-refractivity contribution in [2.45, 2.75) is 32.9 Å². The van der Waals surface area contributed by atoms with E-state index >= 15 is 0 Å². The number of nitrogens with zero attached hydrogens (tertiary/aromatic N) is 2. The van der Waals surface area contributed by atoms with E-state index in [4.69, 9.17) is 16.3 Å². The molecule has 1 aromatic rings. The summed E-state index contributed by atoms with van der Waals surface area (Å²) in [6.07, 6.45) is 0.577. The van der Waals surface area contributed by atoms with Crippen LogP contribution in [0, 0.1) is 5.92 Å². The number of hydrogen-bond acceptors (Lipinski definition) is 5. The summed E-state index contributed by atoms with van der Waals surface area (Å²) in [6.45, 7) is 8.69. The van der Waals surface area contributed by atoms with Crippen molar-refractivity contribution in [1.29, 1.82) is 0 Å². The third kappa shape index (κ3) is 7.48. The number of hydrogen-bond donors (Lipinski definition) is 1. The van der Waals surface area contributed by atoms with E-state index in [0.29, 0.717) is 18.9 Å². The zero-order chi connectivity index (χ0) is 19.8. The van der Waals surface area contributed by atoms with Gasteiger partial charge in [-0.3, -0.25) is 14.6 Å². The largest absolute Gasteiger partial charge is 0.467 e. The fourth-order valence-corrected chi connectivity index (χ4v) is 3.35. The first-order valence-corrected chi connectivity index (χ1v) is 9.81. The van der Waals surface area contributed by atoms with Crippen molar-refractivity contribution in [3.05, 3.63) is 34.9 Å². The van der Waals surface area contributed by atoms with Crippen molar-refractivity contribution in [3.8, 4) is 0 Å². The van der Waals surface area contributed by atoms with E-state index in [-0.39, 0.29) is 11.9 Å². The van der Waals surface area contributed by atoms with Crippen molar-refractivity contribution in [2.24, 2.45) is 5.92 Å². The van der Waals surface area contributed by atoms with E-state index in [1.165, 1.54) is 12.7 Å². The zero-order valence-corrected chi connectivity index (χ0v) is 17.2. The number of ether oxygens (including phenoxy) is 1. The maximum Gasteiger partial charge on any atom is 0.328 e. The second-order valence-corrected chi connectivity index (χ2v) is 7.89. The monoisotopic (exact) mass is 395 g/mol. The fourth-order valence-electron chi connectivity index (χ4n) is 3.22. The molecule has 0 radical (unpaired) electrons. The lowest BCUT2D eigenvalue weighted by atomic mass is 10.0. The Balaban J connectivity index is 1.76. The highest BCUT2D eigenvalue weighted by atomic mass is 35.5. The molecule has 0 spiro atoms. The number of benzene rings is 1. The molecule has 1 amide bonds. The number of piperazine rings is 1. The van der Waals surface area contributed by atoms with Gasteiger partial charge in [0.2, 0.25) is 5.91 Å². The van der Waals surface area contributed by atoms with Gasteiger partial charge in [-0.25, -0.2) is 4.79 Å². The maximum atomic E-state index is 12.3. The quantitative estimate of drug-likeness (QED) is 0.683. The molecule has 1 aliphatic rings. The smallest absolute Gasteiger partial charge is 0.328 e. The van der Waals surface area contributed by atoms with Gasteiger partial charge in [-0.05, 0) is 30.0 Å². The molecule has 1 N–H and O–H groups in total. The highest BCUT2D eigenvalue weighted by Gasteiger charge is 2.24. The molecule has 2 rings (SSSR count). The van der Waals surface area contributed by atoms with Crippen molar-refractivity contribution in [3.63, 3.8) is 0 Å². The van der Waals surface area contributed by atoms with E-state index in [2.05, 4.69) is 15.1 Å². The zero-order valence-electron chi connectivity index (χ0n) is 16.4. The number of carbonyl (C=O) groups excluding carboxylic acids is 2. The van der Waals surface area contributed by atoms with Crippen LogP contribution in [0.5, 0.6) is 0 Å². The lowest BCUT2D eigenvalue weighted by Gasteiger charge is -2.34. The third-order valence-electron chi connectivity index (χ3n) is 4.68. The van der Waals surface area contributed by atoms with Crippen LogP contribution in [-0.4, -0.2) is 67.6 Å². The molecule has 1 fully saturated rings. The first kappa shape index (κ1) is 21.7. The minimum Gasteiger partial charge on any atom is -0.467 e. The molecule has 0 saturated carbocycles. The van der Waals surface area contributed by atoms with Crippen LogP contribution in [0.3, 0.4) is 0 Å². The van der Waals surface area contributed by atoms with Gasteiger partial charge >= 0.3 is 5.97 Å². The number of carbonyl (C=O) groups is 2. The molecule has 150 valence electrons. The SMILES string of the molecule is COC(=O)[C@H](CC(C)C)NC(=O)CN1CCN(Cc2ccc(Cl)cc2)CC1. The maximum absolute atomic E-state index is 12.3. The summed E-state index contributed by atoms with van der Waals surface area (Å²) in [7, 11) is 1.35. The predicted octanol–water partition coefficient (Wildman–Crippen LogP) is 2.16. The van der Waals surface area contributed by atoms with Crippen molar-refractivity contribution < 1.29 is 14.3 Å². The second kappa shape index (κ2) is 10.6. The van der Waals surface area contributed by atoms with Crippen molar-refractivity contribution in [2.75, 3.05) is 39.8 Å². The van der Waals surface area contributed by atoms with Crippen LogP contribution in [0.2, 0.25) is 5.02 Å². The van der Waals surface area contributed by atoms with Crippen LogP contribution in [0.25, 0.3) is 0 Å². The fraction of sp³-hybridized carbons (Fsp3) is 0.600. The van der Waals surface area contributed by atoms with E-state index in [1.807, 2.05) is 38.1 Å². The number of methoxy groups -OCH3 is 1. The molecule has 0 unspecified atom stereocenters. The first-order chi connectivity index (χ1) is 12.9. The molecule has 1 atom stereocenters. The molecule has 6 nitrogen and oxygen atoms in total. The van der Waals surface area contributed by atoms with Gasteiger partial charge in [-0.1, -0.05) is 37.6 Å². The van der Waals surface area contributed by atoms with Crippen LogP contribution >= 0.6 is 11.6 Å². The number of esters is 1. The minimum atomic E-state index is -0.575. The second-order valence-electron chi connectivity index (χ2n) is 7.45. The van der Waals surface area contributed by atoms with Gasteiger partial charge in [0.25, 0.3) is 0 Å². The van der Waals surface area contributed by atoms with E-state index < -0.39 is 6.04 Å². The highest BCUT2D eigenvalue weighted by Crippen LogP contribution is 2.13. The van der Waals surface area contributed by atoms with E-state index in [0.717, 1.165) is 37.7 Å². The van der Waals surface area contributed by atoms with Crippen LogP contribution in [0.15, 0.2) is 24.3 Å². The highest BCUT2D eigenvalue weighted by molar-refractivity contribution is 6.30. The van der Waals surface area contributed by atoms with Crippen LogP contribution in [-0.2, 0) is 20.9 Å². The Morgan fingerprint density at radius 2 is 1.70 bits per heavy atom. The molecule has 1 aromatic carbocycles. The number of amides is 1. The third-order valence-corrected chi connectivity index (χ3v) is 4.93. The lowest BCUT2D eigenvalue weighted by molar-refractivity contribution is -0.145. The molecule has 1 aliphatic heterocycles. The molecule has 7 heteroatoms. The molecule has 27 heavy (non-hydrogen) atoms. The Morgan fingerprint density at radius 3 is 2.26 bits per heavy atom. The Bertz CT molecular complexity index is 613. The summed E-state index contributed by atoms with van der Waals surface area (Å²) in [5, 5.41) is 3.57. The van der Waals surface area contributed by atoms with E-state index in [1.54, 1.807) is 0 Å². The topological polar surface area (TPSA) is 61.9 Å². The minimum absolute atomic E-state index is 0.128. The molecule has 0 aliphatic carbocycles. The van der Waals surface area contributed by atoms with Crippen LogP contribution in [0.4, 0.5) is 0 Å². The normalized spacial score (nSPS) is 16.9. The summed E-state index contributed by atoms with van der Waals surface area (Å²) in [4.78, 5) is 28.7. The summed E-state index contributed by atoms with van der Waals surface area (Å²) in [5.41, 5.74) is 1.24. The van der Waals surface area contributed by atoms with Gasteiger partial charge in [-0.2, -0.15) is 0 Å². The van der Waals surface area contributed by atoms with Gasteiger partial charge in [-0.15, -0.1) is 0 Å². The summed E-state index contributed by atoms with van der Waals surface area (Å²) in [5.74, 6) is -0.215. The number of nitrogens with one attached hydrogen (secondary N) is 1. The summed E-state index contributed by atoms with van der Waals surface area (Å²) in [6, 6.07) is 7.33. The molecule has 1 saturated heterocycles. The Morgan fingerprint density at radius 1 is 1.11 bits per heavy atom. The molecule has 0 aromatic heterocycles. The van der Waals surface area contributed by atoms with Gasteiger partial charge in [0.1, 0.15) is 6.04 Å². The molecule has 0 bridgehead atoms. The Labute approximate surface area is 166 Å². The van der Waals surface area contributed by atoms with Gasteiger partial charge in [0, 0.05) is 37.7 Å². The van der Waals surface area contributed by atoms with Gasteiger partial charge in [0.05, 0.1) is 13.7 Å². The Hall–Kier alpha value is -1.63.